The molecule has 0 spiro atoms. The molecule has 0 aliphatic heterocycles. The van der Waals surface area contributed by atoms with Crippen molar-refractivity contribution < 1.29 is 12.6 Å². The summed E-state index contributed by atoms with van der Waals surface area (Å²) in [5.41, 5.74) is 0.670. The number of hydrogen-bond acceptors (Lipinski definition) is 3. The van der Waals surface area contributed by atoms with Crippen LogP contribution >= 0.6 is 0 Å². The topological polar surface area (TPSA) is 43.4 Å². The molecule has 2 rings (SSSR count). The van der Waals surface area contributed by atoms with E-state index in [-0.39, 0.29) is 4.90 Å². The summed E-state index contributed by atoms with van der Waals surface area (Å²) in [5, 5.41) is 0. The third-order valence-electron chi connectivity index (χ3n) is 2.31. The number of para-hydroxylation sites is 1. The minimum atomic E-state index is -3.74. The standard InChI is InChI=1S/C13H12O3S/c1-11-7-5-6-10-13(11)17(14,15)16-12-8-3-2-4-9-12/h2-10H,1H3. The van der Waals surface area contributed by atoms with Gasteiger partial charge in [0.1, 0.15) is 10.6 Å². The van der Waals surface area contributed by atoms with Crippen LogP contribution in [0.5, 0.6) is 5.75 Å². The molecule has 0 aromatic heterocycles. The van der Waals surface area contributed by atoms with Gasteiger partial charge in [-0.1, -0.05) is 36.4 Å². The first kappa shape index (κ1) is 11.7. The molecule has 0 saturated heterocycles. The Kier molecular flexibility index (Phi) is 3.15. The van der Waals surface area contributed by atoms with Gasteiger partial charge in [-0.25, -0.2) is 0 Å². The predicted molar refractivity (Wildman–Crippen MR) is 65.4 cm³/mol. The Morgan fingerprint density at radius 2 is 1.47 bits per heavy atom. The van der Waals surface area contributed by atoms with E-state index in [1.54, 1.807) is 55.5 Å². The zero-order valence-corrected chi connectivity index (χ0v) is 10.1. The fourth-order valence-electron chi connectivity index (χ4n) is 1.48. The molecule has 0 aliphatic carbocycles. The van der Waals surface area contributed by atoms with E-state index in [4.69, 9.17) is 4.18 Å². The van der Waals surface area contributed by atoms with E-state index in [2.05, 4.69) is 0 Å². The molecule has 2 aromatic carbocycles. The van der Waals surface area contributed by atoms with Crippen LogP contribution in [0.25, 0.3) is 0 Å². The maximum Gasteiger partial charge on any atom is 0.339 e. The van der Waals surface area contributed by atoms with E-state index in [0.717, 1.165) is 0 Å². The van der Waals surface area contributed by atoms with Crippen molar-refractivity contribution in [3.63, 3.8) is 0 Å². The first-order valence-corrected chi connectivity index (χ1v) is 6.55. The van der Waals surface area contributed by atoms with E-state index in [0.29, 0.717) is 11.3 Å². The fourth-order valence-corrected chi connectivity index (χ4v) is 2.65. The largest absolute Gasteiger partial charge is 0.379 e. The van der Waals surface area contributed by atoms with Crippen molar-refractivity contribution in [2.45, 2.75) is 11.8 Å². The van der Waals surface area contributed by atoms with Crippen LogP contribution in [0.15, 0.2) is 59.5 Å². The highest BCUT2D eigenvalue weighted by Crippen LogP contribution is 2.20. The monoisotopic (exact) mass is 248 g/mol. The van der Waals surface area contributed by atoms with Crippen LogP contribution in [0.2, 0.25) is 0 Å². The molecule has 0 bridgehead atoms. The lowest BCUT2D eigenvalue weighted by Crippen LogP contribution is -2.10. The van der Waals surface area contributed by atoms with Gasteiger partial charge in [-0.2, -0.15) is 8.42 Å². The summed E-state index contributed by atoms with van der Waals surface area (Å²) in [7, 11) is -3.74. The average molecular weight is 248 g/mol. The summed E-state index contributed by atoms with van der Waals surface area (Å²) >= 11 is 0. The first-order chi connectivity index (χ1) is 8.09. The molecule has 4 heteroatoms. The highest BCUT2D eigenvalue weighted by atomic mass is 32.2. The second-order valence-corrected chi connectivity index (χ2v) is 5.13. The summed E-state index contributed by atoms with van der Waals surface area (Å²) in [4.78, 5) is 0.198. The lowest BCUT2D eigenvalue weighted by Gasteiger charge is -2.08. The van der Waals surface area contributed by atoms with Gasteiger partial charge in [0.25, 0.3) is 0 Å². The Labute approximate surface area is 101 Å². The molecule has 0 fully saturated rings. The Bertz CT molecular complexity index is 604. The molecular formula is C13H12O3S. The normalized spacial score (nSPS) is 11.1. The average Bonchev–Trinajstić information content (AvgIpc) is 2.30. The first-order valence-electron chi connectivity index (χ1n) is 5.15. The minimum absolute atomic E-state index is 0.198. The maximum atomic E-state index is 12.0. The quantitative estimate of drug-likeness (QED) is 0.784. The fraction of sp³-hybridized carbons (Fsp3) is 0.0769. The predicted octanol–water partition coefficient (Wildman–Crippen LogP) is 2.76. The van der Waals surface area contributed by atoms with Crippen molar-refractivity contribution in [3.05, 3.63) is 60.2 Å². The van der Waals surface area contributed by atoms with Crippen molar-refractivity contribution in [3.8, 4) is 5.75 Å². The zero-order valence-electron chi connectivity index (χ0n) is 9.33. The number of rotatable bonds is 3. The highest BCUT2D eigenvalue weighted by Gasteiger charge is 2.18. The molecule has 0 aliphatic rings. The van der Waals surface area contributed by atoms with E-state index in [1.165, 1.54) is 6.07 Å². The van der Waals surface area contributed by atoms with Gasteiger partial charge in [-0.05, 0) is 30.7 Å². The molecular weight excluding hydrogens is 236 g/mol. The smallest absolute Gasteiger partial charge is 0.339 e. The van der Waals surface area contributed by atoms with Gasteiger partial charge in [0.15, 0.2) is 0 Å². The van der Waals surface area contributed by atoms with Crippen LogP contribution in [0.1, 0.15) is 5.56 Å². The van der Waals surface area contributed by atoms with E-state index in [1.807, 2.05) is 0 Å². The molecule has 0 unspecified atom stereocenters. The second-order valence-electron chi connectivity index (χ2n) is 3.62. The molecule has 0 radical (unpaired) electrons. The second kappa shape index (κ2) is 4.59. The van der Waals surface area contributed by atoms with E-state index >= 15 is 0 Å². The van der Waals surface area contributed by atoms with Gasteiger partial charge < -0.3 is 4.18 Å². The molecule has 0 heterocycles. The van der Waals surface area contributed by atoms with Gasteiger partial charge in [0, 0.05) is 0 Å². The lowest BCUT2D eigenvalue weighted by atomic mass is 10.2. The SMILES string of the molecule is Cc1ccccc1S(=O)(=O)Oc1ccccc1. The minimum Gasteiger partial charge on any atom is -0.379 e. The van der Waals surface area contributed by atoms with Crippen LogP contribution in [-0.4, -0.2) is 8.42 Å². The van der Waals surface area contributed by atoms with Crippen molar-refractivity contribution in [1.29, 1.82) is 0 Å². The van der Waals surface area contributed by atoms with Gasteiger partial charge in [-0.15, -0.1) is 0 Å². The van der Waals surface area contributed by atoms with E-state index < -0.39 is 10.1 Å². The maximum absolute atomic E-state index is 12.0. The summed E-state index contributed by atoms with van der Waals surface area (Å²) in [6.07, 6.45) is 0. The van der Waals surface area contributed by atoms with Crippen molar-refractivity contribution in [2.75, 3.05) is 0 Å². The summed E-state index contributed by atoms with van der Waals surface area (Å²) in [6, 6.07) is 15.2. The van der Waals surface area contributed by atoms with Gasteiger partial charge in [0.2, 0.25) is 0 Å². The van der Waals surface area contributed by atoms with Crippen molar-refractivity contribution in [2.24, 2.45) is 0 Å². The zero-order chi connectivity index (χ0) is 12.3. The third kappa shape index (κ3) is 2.65. The number of hydrogen-bond donors (Lipinski definition) is 0. The van der Waals surface area contributed by atoms with Gasteiger partial charge in [-0.3, -0.25) is 0 Å². The number of benzene rings is 2. The Balaban J connectivity index is 2.36. The lowest BCUT2D eigenvalue weighted by molar-refractivity contribution is 0.485. The van der Waals surface area contributed by atoms with Crippen LogP contribution in [0.4, 0.5) is 0 Å². The molecule has 88 valence electrons. The Morgan fingerprint density at radius 1 is 0.882 bits per heavy atom. The molecule has 0 amide bonds. The number of aryl methyl sites for hydroxylation is 1. The van der Waals surface area contributed by atoms with Crippen molar-refractivity contribution >= 4 is 10.1 Å². The highest BCUT2D eigenvalue weighted by molar-refractivity contribution is 7.87. The van der Waals surface area contributed by atoms with Crippen LogP contribution in [-0.2, 0) is 10.1 Å². The summed E-state index contributed by atoms with van der Waals surface area (Å²) in [5.74, 6) is 0.316. The van der Waals surface area contributed by atoms with Gasteiger partial charge >= 0.3 is 10.1 Å². The van der Waals surface area contributed by atoms with Crippen LogP contribution < -0.4 is 4.18 Å². The molecule has 0 N–H and O–H groups in total. The van der Waals surface area contributed by atoms with Crippen molar-refractivity contribution in [1.82, 2.24) is 0 Å². The molecule has 3 nitrogen and oxygen atoms in total. The third-order valence-corrected chi connectivity index (χ3v) is 3.72. The van der Waals surface area contributed by atoms with Crippen LogP contribution in [0.3, 0.4) is 0 Å². The summed E-state index contributed by atoms with van der Waals surface area (Å²) in [6.45, 7) is 1.74. The van der Waals surface area contributed by atoms with Gasteiger partial charge in [0.05, 0.1) is 0 Å². The molecule has 2 aromatic rings. The molecule has 0 atom stereocenters. The van der Waals surface area contributed by atoms with Crippen LogP contribution in [0, 0.1) is 6.92 Å². The molecule has 0 saturated carbocycles. The Morgan fingerprint density at radius 3 is 2.12 bits per heavy atom. The molecule has 17 heavy (non-hydrogen) atoms. The van der Waals surface area contributed by atoms with E-state index in [9.17, 15) is 8.42 Å². The summed E-state index contributed by atoms with van der Waals surface area (Å²) < 4.78 is 29.0. The Hall–Kier alpha value is -1.81.